The highest BCUT2D eigenvalue weighted by Gasteiger charge is 2.47. The molecule has 1 saturated carbocycles. The molecule has 0 amide bonds. The number of halogens is 3. The summed E-state index contributed by atoms with van der Waals surface area (Å²) in [5.74, 6) is -2.30. The van der Waals surface area contributed by atoms with Crippen molar-refractivity contribution < 1.29 is 36.2 Å². The molecule has 0 spiro atoms. The Balaban J connectivity index is 1.97. The van der Waals surface area contributed by atoms with Gasteiger partial charge in [0, 0.05) is 39.0 Å². The van der Waals surface area contributed by atoms with Crippen molar-refractivity contribution in [1.82, 2.24) is 4.90 Å². The molecule has 0 radical (unpaired) electrons. The minimum absolute atomic E-state index is 0.159. The molecule has 168 valence electrons. The molecule has 0 unspecified atom stereocenters. The van der Waals surface area contributed by atoms with Gasteiger partial charge in [-0.25, -0.2) is 8.42 Å². The number of hydrogen-bond donors (Lipinski definition) is 1. The van der Waals surface area contributed by atoms with Crippen molar-refractivity contribution in [3.05, 3.63) is 23.8 Å². The molecule has 30 heavy (non-hydrogen) atoms. The van der Waals surface area contributed by atoms with Gasteiger partial charge in [-0.1, -0.05) is 0 Å². The lowest BCUT2D eigenvalue weighted by atomic mass is 10.1. The van der Waals surface area contributed by atoms with Gasteiger partial charge >= 0.3 is 12.1 Å². The zero-order chi connectivity index (χ0) is 22.3. The first-order chi connectivity index (χ1) is 13.9. The lowest BCUT2D eigenvalue weighted by Gasteiger charge is -2.34. The van der Waals surface area contributed by atoms with Crippen LogP contribution in [0.15, 0.2) is 23.1 Å². The van der Waals surface area contributed by atoms with Gasteiger partial charge in [-0.2, -0.15) is 13.2 Å². The maximum atomic E-state index is 13.8. The number of ether oxygens (including phenoxy) is 1. The quantitative estimate of drug-likeness (QED) is 0.735. The highest BCUT2D eigenvalue weighted by molar-refractivity contribution is 7.92. The van der Waals surface area contributed by atoms with Gasteiger partial charge in [-0.3, -0.25) is 4.79 Å². The normalized spacial score (nSPS) is 26.2. The minimum Gasteiger partial charge on any atom is -0.481 e. The van der Waals surface area contributed by atoms with Crippen LogP contribution in [0, 0.1) is 5.92 Å². The molecule has 1 aromatic rings. The Morgan fingerprint density at radius 1 is 1.17 bits per heavy atom. The number of benzene rings is 1. The summed E-state index contributed by atoms with van der Waals surface area (Å²) in [4.78, 5) is 14.4. The van der Waals surface area contributed by atoms with E-state index in [1.807, 2.05) is 7.05 Å². The molecule has 0 aromatic heterocycles. The summed E-state index contributed by atoms with van der Waals surface area (Å²) >= 11 is 0. The number of sulfone groups is 1. The van der Waals surface area contributed by atoms with Crippen LogP contribution < -0.4 is 4.90 Å². The average Bonchev–Trinajstić information content (AvgIpc) is 3.13. The lowest BCUT2D eigenvalue weighted by molar-refractivity contribution is -0.145. The number of methoxy groups -OCH3 is 1. The van der Waals surface area contributed by atoms with E-state index in [0.29, 0.717) is 31.9 Å². The second kappa shape index (κ2) is 8.35. The van der Waals surface area contributed by atoms with Gasteiger partial charge in [0.25, 0.3) is 0 Å². The Labute approximate surface area is 173 Å². The van der Waals surface area contributed by atoms with Crippen molar-refractivity contribution in [2.45, 2.75) is 35.3 Å². The van der Waals surface area contributed by atoms with Crippen LogP contribution in [0.2, 0.25) is 0 Å². The van der Waals surface area contributed by atoms with Crippen LogP contribution in [0.25, 0.3) is 0 Å². The van der Waals surface area contributed by atoms with Crippen molar-refractivity contribution >= 4 is 21.5 Å². The van der Waals surface area contributed by atoms with Crippen LogP contribution >= 0.6 is 0 Å². The molecule has 2 fully saturated rings. The molecule has 0 bridgehead atoms. The molecule has 3 rings (SSSR count). The number of piperazine rings is 1. The Morgan fingerprint density at radius 3 is 2.30 bits per heavy atom. The molecule has 1 saturated heterocycles. The van der Waals surface area contributed by atoms with Gasteiger partial charge in [0.05, 0.1) is 27.7 Å². The molecule has 2 aliphatic rings. The van der Waals surface area contributed by atoms with E-state index in [1.165, 1.54) is 13.2 Å². The fourth-order valence-corrected chi connectivity index (χ4v) is 6.16. The number of nitrogens with zero attached hydrogens (tertiary/aromatic N) is 2. The van der Waals surface area contributed by atoms with E-state index >= 15 is 0 Å². The highest BCUT2D eigenvalue weighted by Crippen LogP contribution is 2.42. The van der Waals surface area contributed by atoms with Gasteiger partial charge in [0.2, 0.25) is 0 Å². The Hall–Kier alpha value is -1.85. The van der Waals surface area contributed by atoms with Crippen molar-refractivity contribution in [2.75, 3.05) is 45.2 Å². The topological polar surface area (TPSA) is 87.2 Å². The Kier molecular flexibility index (Phi) is 6.35. The van der Waals surface area contributed by atoms with E-state index in [9.17, 15) is 31.5 Å². The smallest absolute Gasteiger partial charge is 0.417 e. The summed E-state index contributed by atoms with van der Waals surface area (Å²) in [5, 5.41) is 8.04. The molecule has 1 heterocycles. The first kappa shape index (κ1) is 22.8. The third-order valence-electron chi connectivity index (χ3n) is 5.96. The number of rotatable bonds is 5. The number of alkyl halides is 3. The maximum Gasteiger partial charge on any atom is 0.417 e. The van der Waals surface area contributed by atoms with E-state index in [1.54, 1.807) is 4.90 Å². The average molecular weight is 450 g/mol. The predicted molar refractivity (Wildman–Crippen MR) is 103 cm³/mol. The summed E-state index contributed by atoms with van der Waals surface area (Å²) in [6.07, 6.45) is -6.17. The lowest BCUT2D eigenvalue weighted by Crippen LogP contribution is -2.44. The zero-order valence-corrected chi connectivity index (χ0v) is 17.5. The van der Waals surface area contributed by atoms with Gasteiger partial charge in [0.1, 0.15) is 0 Å². The van der Waals surface area contributed by atoms with Crippen LogP contribution in [-0.4, -0.2) is 76.1 Å². The Morgan fingerprint density at radius 2 is 1.80 bits per heavy atom. The third kappa shape index (κ3) is 4.42. The van der Waals surface area contributed by atoms with E-state index in [-0.39, 0.29) is 12.8 Å². The van der Waals surface area contributed by atoms with E-state index in [0.717, 1.165) is 12.1 Å². The summed E-state index contributed by atoms with van der Waals surface area (Å²) in [6, 6.07) is 3.28. The minimum atomic E-state index is -4.86. The van der Waals surface area contributed by atoms with Crippen LogP contribution in [0.1, 0.15) is 18.4 Å². The number of hydrogen-bond acceptors (Lipinski definition) is 6. The van der Waals surface area contributed by atoms with Gasteiger partial charge in [0.15, 0.2) is 9.84 Å². The first-order valence-electron chi connectivity index (χ1n) is 9.59. The maximum absolute atomic E-state index is 13.8. The zero-order valence-electron chi connectivity index (χ0n) is 16.7. The monoisotopic (exact) mass is 450 g/mol. The Bertz CT molecular complexity index is 898. The molecule has 1 aromatic carbocycles. The number of aliphatic carboxylic acids is 1. The summed E-state index contributed by atoms with van der Waals surface area (Å²) in [7, 11) is -1.22. The van der Waals surface area contributed by atoms with Crippen molar-refractivity contribution in [3.63, 3.8) is 0 Å². The molecule has 11 heteroatoms. The molecule has 3 atom stereocenters. The molecular weight excluding hydrogens is 425 g/mol. The summed E-state index contributed by atoms with van der Waals surface area (Å²) < 4.78 is 72.7. The number of carbonyl (C=O) groups is 1. The van der Waals surface area contributed by atoms with E-state index < -0.39 is 49.7 Å². The van der Waals surface area contributed by atoms with Crippen LogP contribution in [0.3, 0.4) is 0 Å². The van der Waals surface area contributed by atoms with Crippen LogP contribution in [0.4, 0.5) is 18.9 Å². The highest BCUT2D eigenvalue weighted by atomic mass is 32.2. The van der Waals surface area contributed by atoms with Gasteiger partial charge in [-0.15, -0.1) is 0 Å². The van der Waals surface area contributed by atoms with E-state index in [4.69, 9.17) is 4.74 Å². The molecule has 1 N–H and O–H groups in total. The van der Waals surface area contributed by atoms with Crippen LogP contribution in [0.5, 0.6) is 0 Å². The number of likely N-dealkylation sites (N-methyl/N-ethyl adjacent to an activating group) is 1. The second-order valence-corrected chi connectivity index (χ2v) is 10.0. The third-order valence-corrected chi connectivity index (χ3v) is 8.19. The summed E-state index contributed by atoms with van der Waals surface area (Å²) in [6.45, 7) is 2.47. The van der Waals surface area contributed by atoms with Crippen molar-refractivity contribution in [2.24, 2.45) is 5.92 Å². The van der Waals surface area contributed by atoms with Crippen molar-refractivity contribution in [1.29, 1.82) is 0 Å². The van der Waals surface area contributed by atoms with E-state index in [2.05, 4.69) is 4.90 Å². The second-order valence-electron chi connectivity index (χ2n) is 7.83. The molecule has 1 aliphatic heterocycles. The largest absolute Gasteiger partial charge is 0.481 e. The molecular formula is C19H25F3N2O5S. The predicted octanol–water partition coefficient (Wildman–Crippen LogP) is 2.11. The number of carboxylic acids is 1. The fraction of sp³-hybridized carbons (Fsp3) is 0.632. The van der Waals surface area contributed by atoms with Gasteiger partial charge < -0.3 is 19.6 Å². The summed E-state index contributed by atoms with van der Waals surface area (Å²) in [5.41, 5.74) is -0.898. The molecule has 7 nitrogen and oxygen atoms in total. The molecule has 1 aliphatic carbocycles. The SMILES string of the molecule is CO[C@H]1C[C@@H](S(=O)(=O)c2ccc(N3CCN(C)CC3)cc2C(F)(F)F)C[C@@H]1C(=O)O. The first-order valence-corrected chi connectivity index (χ1v) is 11.1. The number of carboxylic acid groups (broad SMARTS) is 1. The van der Waals surface area contributed by atoms with Crippen molar-refractivity contribution in [3.8, 4) is 0 Å². The number of anilines is 1. The standard InChI is InChI=1S/C19H25F3N2O5S/c1-23-5-7-24(8-6-23)12-3-4-17(15(9-12)19(20,21)22)30(27,28)13-10-14(18(25)26)16(11-13)29-2/h3-4,9,13-14,16H,5-8,10-11H2,1-2H3,(H,25,26)/t13-,14-,16-/m0/s1. The van der Waals surface area contributed by atoms with Gasteiger partial charge in [-0.05, 0) is 38.1 Å². The van der Waals surface area contributed by atoms with Crippen LogP contribution in [-0.2, 0) is 25.5 Å². The fourth-order valence-electron chi connectivity index (χ4n) is 4.16.